The second kappa shape index (κ2) is 9.50. The number of aromatic nitrogens is 1. The lowest BCUT2D eigenvalue weighted by atomic mass is 9.67. The van der Waals surface area contributed by atoms with E-state index in [-0.39, 0.29) is 29.2 Å². The number of nitrogens with zero attached hydrogens (tertiary/aromatic N) is 2. The number of aryl methyl sites for hydroxylation is 1. The summed E-state index contributed by atoms with van der Waals surface area (Å²) in [6.07, 6.45) is -4.74. The Hall–Kier alpha value is -3.80. The number of carbonyl (C=O) groups excluding carboxylic acids is 1. The molecule has 38 heavy (non-hydrogen) atoms. The van der Waals surface area contributed by atoms with Crippen molar-refractivity contribution in [2.24, 2.45) is 5.41 Å². The Labute approximate surface area is 216 Å². The summed E-state index contributed by atoms with van der Waals surface area (Å²) >= 11 is 0. The summed E-state index contributed by atoms with van der Waals surface area (Å²) in [6, 6.07) is 6.50. The highest BCUT2D eigenvalue weighted by Gasteiger charge is 2.60. The smallest absolute Gasteiger partial charge is 0.433 e. The van der Waals surface area contributed by atoms with Gasteiger partial charge in [-0.2, -0.15) is 13.2 Å². The van der Waals surface area contributed by atoms with Crippen LogP contribution in [-0.2, 0) is 12.8 Å². The molecule has 2 aromatic heterocycles. The number of nitrogens with one attached hydrogen (secondary N) is 1. The topological polar surface area (TPSA) is 125 Å². The molecule has 2 amide bonds. The second-order valence-corrected chi connectivity index (χ2v) is 10.4. The predicted octanol–water partition coefficient (Wildman–Crippen LogP) is 4.60. The third-order valence-corrected chi connectivity index (χ3v) is 6.61. The number of amides is 2. The molecule has 1 saturated heterocycles. The van der Waals surface area contributed by atoms with Gasteiger partial charge in [-0.25, -0.2) is 4.79 Å². The van der Waals surface area contributed by atoms with E-state index in [1.807, 2.05) is 20.8 Å². The largest absolute Gasteiger partial charge is 0.489 e. The first-order valence-corrected chi connectivity index (χ1v) is 11.8. The fourth-order valence-electron chi connectivity index (χ4n) is 5.26. The number of likely N-dealkylation sites (tertiary alicyclic amines) is 1. The van der Waals surface area contributed by atoms with E-state index < -0.39 is 54.1 Å². The molecule has 2 atom stereocenters. The van der Waals surface area contributed by atoms with E-state index in [4.69, 9.17) is 9.15 Å². The van der Waals surface area contributed by atoms with Crippen LogP contribution in [0.3, 0.4) is 0 Å². The number of pyridine rings is 1. The van der Waals surface area contributed by atoms with Gasteiger partial charge in [0.1, 0.15) is 29.2 Å². The first kappa shape index (κ1) is 27.2. The minimum Gasteiger partial charge on any atom is -0.489 e. The van der Waals surface area contributed by atoms with Gasteiger partial charge in [0, 0.05) is 17.1 Å². The lowest BCUT2D eigenvalue weighted by molar-refractivity contribution is -0.142. The minimum absolute atomic E-state index is 0.0949. The van der Waals surface area contributed by atoms with Crippen molar-refractivity contribution in [1.82, 2.24) is 15.2 Å². The molecular weight excluding hydrogens is 507 g/mol. The molecule has 2 unspecified atom stereocenters. The SMILES string of the molecule is Cc1oc2ccc(OCc3cccnc3C(F)(F)F)cc2c1C(=O)NC1(CO)CN(C(=O)O)C1C(C)(C)C. The van der Waals surface area contributed by atoms with E-state index in [1.54, 1.807) is 6.92 Å². The molecule has 3 heterocycles. The Kier molecular flexibility index (Phi) is 6.81. The monoisotopic (exact) mass is 535 g/mol. The molecule has 9 nitrogen and oxygen atoms in total. The molecule has 0 saturated carbocycles. The van der Waals surface area contributed by atoms with E-state index in [0.717, 1.165) is 6.20 Å². The van der Waals surface area contributed by atoms with Crippen molar-refractivity contribution < 1.29 is 42.1 Å². The predicted molar refractivity (Wildman–Crippen MR) is 130 cm³/mol. The molecule has 3 N–H and O–H groups in total. The highest BCUT2D eigenvalue weighted by molar-refractivity contribution is 6.08. The zero-order valence-electron chi connectivity index (χ0n) is 21.2. The summed E-state index contributed by atoms with van der Waals surface area (Å²) in [4.78, 5) is 29.8. The van der Waals surface area contributed by atoms with Crippen molar-refractivity contribution >= 4 is 23.0 Å². The van der Waals surface area contributed by atoms with Crippen LogP contribution in [0.15, 0.2) is 40.9 Å². The van der Waals surface area contributed by atoms with Gasteiger partial charge in [-0.3, -0.25) is 14.7 Å². The molecule has 1 aliphatic rings. The number of hydrogen-bond donors (Lipinski definition) is 3. The van der Waals surface area contributed by atoms with Crippen LogP contribution in [0.5, 0.6) is 5.75 Å². The van der Waals surface area contributed by atoms with E-state index in [9.17, 15) is 33.0 Å². The zero-order chi connectivity index (χ0) is 28.0. The summed E-state index contributed by atoms with van der Waals surface area (Å²) in [5.74, 6) is -0.108. The number of aliphatic hydroxyl groups is 1. The molecule has 0 aliphatic carbocycles. The van der Waals surface area contributed by atoms with Gasteiger partial charge in [0.05, 0.1) is 24.8 Å². The number of alkyl halides is 3. The first-order valence-electron chi connectivity index (χ1n) is 11.8. The van der Waals surface area contributed by atoms with Crippen LogP contribution in [-0.4, -0.2) is 56.8 Å². The van der Waals surface area contributed by atoms with Crippen molar-refractivity contribution in [2.45, 2.75) is 52.1 Å². The van der Waals surface area contributed by atoms with E-state index >= 15 is 0 Å². The highest BCUT2D eigenvalue weighted by Crippen LogP contribution is 2.42. The van der Waals surface area contributed by atoms with Gasteiger partial charge in [0.15, 0.2) is 5.69 Å². The van der Waals surface area contributed by atoms with E-state index in [2.05, 4.69) is 10.3 Å². The third-order valence-electron chi connectivity index (χ3n) is 6.61. The van der Waals surface area contributed by atoms with Gasteiger partial charge in [0.2, 0.25) is 0 Å². The van der Waals surface area contributed by atoms with Crippen LogP contribution in [0.1, 0.15) is 48.1 Å². The third kappa shape index (κ3) is 4.87. The number of carbonyl (C=O) groups is 2. The van der Waals surface area contributed by atoms with Gasteiger partial charge in [-0.15, -0.1) is 0 Å². The number of benzene rings is 1. The van der Waals surface area contributed by atoms with Gasteiger partial charge >= 0.3 is 12.3 Å². The number of furan rings is 1. The number of carboxylic acid groups (broad SMARTS) is 1. The van der Waals surface area contributed by atoms with E-state index in [1.165, 1.54) is 35.2 Å². The number of aliphatic hydroxyl groups excluding tert-OH is 1. The van der Waals surface area contributed by atoms with Crippen molar-refractivity contribution in [2.75, 3.05) is 13.2 Å². The van der Waals surface area contributed by atoms with Gasteiger partial charge in [-0.1, -0.05) is 26.8 Å². The van der Waals surface area contributed by atoms with Crippen molar-refractivity contribution in [1.29, 1.82) is 0 Å². The fraction of sp³-hybridized carbons (Fsp3) is 0.423. The van der Waals surface area contributed by atoms with Crippen LogP contribution in [0.2, 0.25) is 0 Å². The Balaban J connectivity index is 1.62. The summed E-state index contributed by atoms with van der Waals surface area (Å²) < 4.78 is 51.1. The Bertz CT molecular complexity index is 1380. The quantitative estimate of drug-likeness (QED) is 0.421. The van der Waals surface area contributed by atoms with Gasteiger partial charge in [0.25, 0.3) is 5.91 Å². The lowest BCUT2D eigenvalue weighted by Gasteiger charge is -2.60. The van der Waals surface area contributed by atoms with Gasteiger partial charge in [-0.05, 0) is 36.6 Å². The molecule has 0 bridgehead atoms. The number of halogens is 3. The van der Waals surface area contributed by atoms with E-state index in [0.29, 0.717) is 11.0 Å². The molecule has 12 heteroatoms. The molecule has 0 spiro atoms. The molecule has 1 fully saturated rings. The Morgan fingerprint density at radius 1 is 1.26 bits per heavy atom. The molecule has 0 radical (unpaired) electrons. The maximum absolute atomic E-state index is 13.5. The standard InChI is InChI=1S/C26H28F3N3O6/c1-14-19(21(34)31-25(13-33)12-32(23(35)36)22(25)24(2,3)4)17-10-16(7-8-18(17)38-14)37-11-15-6-5-9-30-20(15)26(27,28)29/h5-10,22,33H,11-13H2,1-4H3,(H,31,34)(H,35,36). The zero-order valence-corrected chi connectivity index (χ0v) is 21.2. The fourth-order valence-corrected chi connectivity index (χ4v) is 5.26. The lowest BCUT2D eigenvalue weighted by Crippen LogP contribution is -2.82. The first-order chi connectivity index (χ1) is 17.7. The second-order valence-electron chi connectivity index (χ2n) is 10.4. The Morgan fingerprint density at radius 2 is 1.97 bits per heavy atom. The van der Waals surface area contributed by atoms with Crippen molar-refractivity contribution in [3.8, 4) is 5.75 Å². The van der Waals surface area contributed by atoms with Crippen molar-refractivity contribution in [3.05, 3.63) is 59.1 Å². The average molecular weight is 536 g/mol. The molecule has 3 aromatic rings. The minimum atomic E-state index is -4.64. The molecule has 4 rings (SSSR count). The van der Waals surface area contributed by atoms with Gasteiger partial charge < -0.3 is 24.7 Å². The summed E-state index contributed by atoms with van der Waals surface area (Å²) in [7, 11) is 0. The van der Waals surface area contributed by atoms with Crippen LogP contribution in [0.4, 0.5) is 18.0 Å². The summed E-state index contributed by atoms with van der Waals surface area (Å²) in [5, 5.41) is 23.0. The molecule has 1 aromatic carbocycles. The van der Waals surface area contributed by atoms with Crippen LogP contribution < -0.4 is 10.1 Å². The normalized spacial score (nSPS) is 19.8. The molecule has 1 aliphatic heterocycles. The maximum Gasteiger partial charge on any atom is 0.433 e. The van der Waals surface area contributed by atoms with Crippen LogP contribution >= 0.6 is 0 Å². The summed E-state index contributed by atoms with van der Waals surface area (Å²) in [5.41, 5.74) is -2.50. The van der Waals surface area contributed by atoms with Crippen LogP contribution in [0, 0.1) is 12.3 Å². The Morgan fingerprint density at radius 3 is 2.58 bits per heavy atom. The maximum atomic E-state index is 13.5. The average Bonchev–Trinajstić information content (AvgIpc) is 3.13. The number of rotatable bonds is 6. The van der Waals surface area contributed by atoms with Crippen molar-refractivity contribution in [3.63, 3.8) is 0 Å². The van der Waals surface area contributed by atoms with Crippen LogP contribution in [0.25, 0.3) is 11.0 Å². The number of hydrogen-bond acceptors (Lipinski definition) is 6. The molecular formula is C26H28F3N3O6. The molecule has 204 valence electrons. The number of ether oxygens (including phenoxy) is 1. The summed E-state index contributed by atoms with van der Waals surface area (Å²) in [6.45, 7) is 6.05. The number of fused-ring (bicyclic) bond motifs is 1. The highest BCUT2D eigenvalue weighted by atomic mass is 19.4.